The lowest BCUT2D eigenvalue weighted by atomic mass is 10.2. The molecule has 0 bridgehead atoms. The van der Waals surface area contributed by atoms with Gasteiger partial charge < -0.3 is 9.26 Å². The van der Waals surface area contributed by atoms with Crippen LogP contribution in [0.4, 0.5) is 0 Å². The first-order chi connectivity index (χ1) is 10.0. The molecule has 0 spiro atoms. The molecule has 0 atom stereocenters. The van der Waals surface area contributed by atoms with Crippen molar-refractivity contribution < 1.29 is 14.1 Å². The van der Waals surface area contributed by atoms with Crippen LogP contribution in [0.2, 0.25) is 0 Å². The van der Waals surface area contributed by atoms with E-state index in [2.05, 4.69) is 20.5 Å². The molecule has 0 N–H and O–H groups in total. The molecule has 21 heavy (non-hydrogen) atoms. The monoisotopic (exact) mass is 293 g/mol. The molecule has 0 amide bonds. The van der Waals surface area contributed by atoms with Crippen LogP contribution >= 0.6 is 0 Å². The Bertz CT molecular complexity index is 617. The first kappa shape index (κ1) is 15.1. The van der Waals surface area contributed by atoms with E-state index in [1.165, 1.54) is 0 Å². The van der Waals surface area contributed by atoms with Crippen molar-refractivity contribution in [3.63, 3.8) is 0 Å². The van der Waals surface area contributed by atoms with Crippen LogP contribution in [-0.4, -0.2) is 37.7 Å². The van der Waals surface area contributed by atoms with E-state index in [9.17, 15) is 4.79 Å². The molecule has 0 saturated carbocycles. The quantitative estimate of drug-likeness (QED) is 0.742. The van der Waals surface area contributed by atoms with Crippen LogP contribution in [0.5, 0.6) is 0 Å². The maximum Gasteiger partial charge on any atom is 0.360 e. The van der Waals surface area contributed by atoms with E-state index in [-0.39, 0.29) is 11.6 Å². The Balaban J connectivity index is 2.07. The van der Waals surface area contributed by atoms with Crippen molar-refractivity contribution in [2.75, 3.05) is 6.61 Å². The fourth-order valence-corrected chi connectivity index (χ4v) is 1.64. The predicted octanol–water partition coefficient (Wildman–Crippen LogP) is 1.39. The number of esters is 1. The van der Waals surface area contributed by atoms with Crippen molar-refractivity contribution in [2.45, 2.75) is 40.7 Å². The van der Waals surface area contributed by atoms with Gasteiger partial charge in [-0.3, -0.25) is 0 Å². The summed E-state index contributed by atoms with van der Waals surface area (Å²) >= 11 is 0. The lowest BCUT2D eigenvalue weighted by molar-refractivity contribution is 0.0451. The van der Waals surface area contributed by atoms with Gasteiger partial charge in [-0.15, -0.1) is 5.10 Å². The first-order valence-electron chi connectivity index (χ1n) is 6.90. The molecule has 8 nitrogen and oxygen atoms in total. The average molecular weight is 293 g/mol. The van der Waals surface area contributed by atoms with Gasteiger partial charge >= 0.3 is 5.97 Å². The summed E-state index contributed by atoms with van der Waals surface area (Å²) in [5, 5.41) is 11.7. The number of aryl methyl sites for hydroxylation is 1. The van der Waals surface area contributed by atoms with Crippen LogP contribution in [-0.2, 0) is 17.7 Å². The maximum atomic E-state index is 11.9. The second-order valence-corrected chi connectivity index (χ2v) is 5.13. The largest absolute Gasteiger partial charge is 0.461 e. The van der Waals surface area contributed by atoms with Crippen molar-refractivity contribution in [3.8, 4) is 0 Å². The standard InChI is InChI=1S/C13H19N5O3/c1-5-11-14-10(16-21-11)6-18-9(4)12(15-17-18)13(19)20-7-8(2)3/h8H,5-7H2,1-4H3. The Morgan fingerprint density at radius 3 is 2.81 bits per heavy atom. The smallest absolute Gasteiger partial charge is 0.360 e. The molecule has 0 aliphatic carbocycles. The third kappa shape index (κ3) is 3.65. The lowest BCUT2D eigenvalue weighted by Crippen LogP contribution is -2.12. The van der Waals surface area contributed by atoms with Crippen LogP contribution in [0.25, 0.3) is 0 Å². The van der Waals surface area contributed by atoms with Crippen molar-refractivity contribution in [1.29, 1.82) is 0 Å². The predicted molar refractivity (Wildman–Crippen MR) is 72.7 cm³/mol. The van der Waals surface area contributed by atoms with Crippen molar-refractivity contribution in [3.05, 3.63) is 23.1 Å². The van der Waals surface area contributed by atoms with Gasteiger partial charge in [0.05, 0.1) is 12.3 Å². The molecular formula is C13H19N5O3. The van der Waals surface area contributed by atoms with E-state index >= 15 is 0 Å². The number of carbonyl (C=O) groups is 1. The lowest BCUT2D eigenvalue weighted by Gasteiger charge is -2.05. The number of rotatable bonds is 6. The molecule has 0 saturated heterocycles. The van der Waals surface area contributed by atoms with Gasteiger partial charge in [-0.2, -0.15) is 4.98 Å². The van der Waals surface area contributed by atoms with Gasteiger partial charge in [0.15, 0.2) is 11.5 Å². The zero-order valence-corrected chi connectivity index (χ0v) is 12.7. The normalized spacial score (nSPS) is 11.1. The van der Waals surface area contributed by atoms with Crippen LogP contribution in [0.3, 0.4) is 0 Å². The average Bonchev–Trinajstić information content (AvgIpc) is 3.04. The Kier molecular flexibility index (Phi) is 4.66. The van der Waals surface area contributed by atoms with Crippen molar-refractivity contribution >= 4 is 5.97 Å². The molecule has 2 aromatic heterocycles. The number of nitrogens with zero attached hydrogens (tertiary/aromatic N) is 5. The minimum atomic E-state index is -0.463. The SMILES string of the molecule is CCc1nc(Cn2nnc(C(=O)OCC(C)C)c2C)no1. The van der Waals surface area contributed by atoms with Crippen molar-refractivity contribution in [1.82, 2.24) is 25.1 Å². The topological polar surface area (TPSA) is 95.9 Å². The Labute approximate surface area is 122 Å². The minimum Gasteiger partial charge on any atom is -0.461 e. The highest BCUT2D eigenvalue weighted by Crippen LogP contribution is 2.09. The molecule has 0 fully saturated rings. The van der Waals surface area contributed by atoms with E-state index in [1.54, 1.807) is 11.6 Å². The second kappa shape index (κ2) is 6.47. The van der Waals surface area contributed by atoms with Gasteiger partial charge in [0.1, 0.15) is 6.54 Å². The van der Waals surface area contributed by atoms with E-state index in [4.69, 9.17) is 9.26 Å². The molecule has 0 unspecified atom stereocenters. The molecule has 114 valence electrons. The van der Waals surface area contributed by atoms with E-state index < -0.39 is 5.97 Å². The summed E-state index contributed by atoms with van der Waals surface area (Å²) in [6, 6.07) is 0. The van der Waals surface area contributed by atoms with Gasteiger partial charge in [0, 0.05) is 6.42 Å². The van der Waals surface area contributed by atoms with Gasteiger partial charge in [-0.05, 0) is 12.8 Å². The Morgan fingerprint density at radius 2 is 2.19 bits per heavy atom. The molecular weight excluding hydrogens is 274 g/mol. The second-order valence-electron chi connectivity index (χ2n) is 5.13. The summed E-state index contributed by atoms with van der Waals surface area (Å²) in [6.07, 6.45) is 0.677. The minimum absolute atomic E-state index is 0.217. The van der Waals surface area contributed by atoms with E-state index in [0.29, 0.717) is 37.0 Å². The van der Waals surface area contributed by atoms with Gasteiger partial charge in [0.2, 0.25) is 5.89 Å². The summed E-state index contributed by atoms with van der Waals surface area (Å²) in [4.78, 5) is 16.1. The molecule has 8 heteroatoms. The summed E-state index contributed by atoms with van der Waals surface area (Å²) in [5.41, 5.74) is 0.835. The summed E-state index contributed by atoms with van der Waals surface area (Å²) in [5.74, 6) is 0.882. The zero-order chi connectivity index (χ0) is 15.4. The fourth-order valence-electron chi connectivity index (χ4n) is 1.64. The summed E-state index contributed by atoms with van der Waals surface area (Å²) < 4.78 is 11.7. The molecule has 2 aromatic rings. The molecule has 0 aliphatic heterocycles. The van der Waals surface area contributed by atoms with Gasteiger partial charge in [-0.1, -0.05) is 31.1 Å². The number of carbonyl (C=O) groups excluding carboxylic acids is 1. The Morgan fingerprint density at radius 1 is 1.43 bits per heavy atom. The number of hydrogen-bond donors (Lipinski definition) is 0. The summed E-state index contributed by atoms with van der Waals surface area (Å²) in [6.45, 7) is 8.29. The van der Waals surface area contributed by atoms with E-state index in [0.717, 1.165) is 0 Å². The van der Waals surface area contributed by atoms with Crippen molar-refractivity contribution in [2.24, 2.45) is 5.92 Å². The molecule has 0 aliphatic rings. The van der Waals surface area contributed by atoms with Gasteiger partial charge in [0.25, 0.3) is 0 Å². The molecule has 2 heterocycles. The third-order valence-corrected chi connectivity index (χ3v) is 2.83. The van der Waals surface area contributed by atoms with Gasteiger partial charge in [-0.25, -0.2) is 9.48 Å². The highest BCUT2D eigenvalue weighted by atomic mass is 16.5. The van der Waals surface area contributed by atoms with Crippen LogP contribution in [0.1, 0.15) is 48.7 Å². The fraction of sp³-hybridized carbons (Fsp3) is 0.615. The Hall–Kier alpha value is -2.25. The van der Waals surface area contributed by atoms with Crippen LogP contribution < -0.4 is 0 Å². The van der Waals surface area contributed by atoms with Crippen LogP contribution in [0, 0.1) is 12.8 Å². The zero-order valence-electron chi connectivity index (χ0n) is 12.7. The number of ether oxygens (including phenoxy) is 1. The molecule has 2 rings (SSSR count). The molecule has 0 radical (unpaired) electrons. The summed E-state index contributed by atoms with van der Waals surface area (Å²) in [7, 11) is 0. The van der Waals surface area contributed by atoms with E-state index in [1.807, 2.05) is 20.8 Å². The first-order valence-corrected chi connectivity index (χ1v) is 6.90. The molecule has 0 aromatic carbocycles. The maximum absolute atomic E-state index is 11.9. The highest BCUT2D eigenvalue weighted by Gasteiger charge is 2.19. The van der Waals surface area contributed by atoms with Crippen LogP contribution in [0.15, 0.2) is 4.52 Å². The highest BCUT2D eigenvalue weighted by molar-refractivity contribution is 5.88. The number of hydrogen-bond acceptors (Lipinski definition) is 7. The number of aromatic nitrogens is 5. The third-order valence-electron chi connectivity index (χ3n) is 2.83.